The number of aliphatic hydroxyl groups excluding tert-OH is 1. The van der Waals surface area contributed by atoms with Gasteiger partial charge in [-0.25, -0.2) is 0 Å². The molecule has 2 fully saturated rings. The monoisotopic (exact) mass is 589 g/mol. The molecule has 9 heteroatoms. The zero-order valence-corrected chi connectivity index (χ0v) is 24.6. The summed E-state index contributed by atoms with van der Waals surface area (Å²) in [5.74, 6) is -2.60. The minimum atomic E-state index is -1.41. The number of nitrogens with zero attached hydrogens (tertiary/aromatic N) is 3. The fourth-order valence-corrected chi connectivity index (χ4v) is 7.57. The maximum absolute atomic E-state index is 14.8. The molecular formula is C33H36ClN3O5. The van der Waals surface area contributed by atoms with Gasteiger partial charge in [-0.1, -0.05) is 80.1 Å². The van der Waals surface area contributed by atoms with Crippen molar-refractivity contribution in [2.75, 3.05) is 31.1 Å². The van der Waals surface area contributed by atoms with E-state index in [0.29, 0.717) is 35.8 Å². The Morgan fingerprint density at radius 1 is 0.929 bits per heavy atom. The molecule has 4 heterocycles. The van der Waals surface area contributed by atoms with Crippen molar-refractivity contribution in [2.45, 2.75) is 50.0 Å². The number of carbonyl (C=O) groups excluding carboxylic acids is 3. The Morgan fingerprint density at radius 3 is 2.31 bits per heavy atom. The van der Waals surface area contributed by atoms with E-state index in [1.165, 1.54) is 4.90 Å². The van der Waals surface area contributed by atoms with Gasteiger partial charge in [0.25, 0.3) is 5.91 Å². The maximum atomic E-state index is 14.8. The van der Waals surface area contributed by atoms with Crippen molar-refractivity contribution in [1.82, 2.24) is 9.80 Å². The molecule has 6 atom stereocenters. The summed E-state index contributed by atoms with van der Waals surface area (Å²) in [5, 5.41) is 11.3. The lowest BCUT2D eigenvalue weighted by atomic mass is 9.73. The Hall–Kier alpha value is -3.46. The SMILES string of the molecule is CCCN1CC=C[C@@]2(CC)O[C@]34C=CCN(c5ccc(Cl)cc5)C(=O)C3N([C@H](CO)c3ccccc3)C(=O)[C@@H]4[C@H]2C1=O. The zero-order valence-electron chi connectivity index (χ0n) is 23.9. The summed E-state index contributed by atoms with van der Waals surface area (Å²) in [6.45, 7) is 4.83. The van der Waals surface area contributed by atoms with E-state index in [1.807, 2.05) is 68.5 Å². The van der Waals surface area contributed by atoms with Crippen LogP contribution < -0.4 is 4.90 Å². The average molecular weight is 590 g/mol. The first-order valence-corrected chi connectivity index (χ1v) is 15.1. The third kappa shape index (κ3) is 4.22. The summed E-state index contributed by atoms with van der Waals surface area (Å²) in [6.07, 6.45) is 8.83. The van der Waals surface area contributed by atoms with Crippen LogP contribution in [0.1, 0.15) is 38.3 Å². The van der Waals surface area contributed by atoms with E-state index in [-0.39, 0.29) is 24.3 Å². The fraction of sp³-hybridized carbons (Fsp3) is 0.424. The Bertz CT molecular complexity index is 1430. The lowest BCUT2D eigenvalue weighted by molar-refractivity contribution is -0.152. The van der Waals surface area contributed by atoms with Gasteiger partial charge in [0.2, 0.25) is 11.8 Å². The van der Waals surface area contributed by atoms with E-state index in [9.17, 15) is 19.5 Å². The normalized spacial score (nSPS) is 31.1. The molecule has 0 aromatic heterocycles. The molecule has 4 aliphatic rings. The highest BCUT2D eigenvalue weighted by molar-refractivity contribution is 6.30. The summed E-state index contributed by atoms with van der Waals surface area (Å²) in [6, 6.07) is 14.3. The topological polar surface area (TPSA) is 90.4 Å². The van der Waals surface area contributed by atoms with Crippen molar-refractivity contribution in [3.05, 3.63) is 89.5 Å². The van der Waals surface area contributed by atoms with Crippen molar-refractivity contribution in [3.8, 4) is 0 Å². The van der Waals surface area contributed by atoms with Gasteiger partial charge in [0.1, 0.15) is 11.6 Å². The third-order valence-electron chi connectivity index (χ3n) is 9.29. The highest BCUT2D eigenvalue weighted by atomic mass is 35.5. The molecule has 2 aromatic carbocycles. The molecule has 220 valence electrons. The Balaban J connectivity index is 1.54. The smallest absolute Gasteiger partial charge is 0.253 e. The summed E-state index contributed by atoms with van der Waals surface area (Å²) < 4.78 is 7.05. The summed E-state index contributed by atoms with van der Waals surface area (Å²) in [7, 11) is 0. The molecule has 2 aromatic rings. The van der Waals surface area contributed by atoms with Crippen molar-refractivity contribution in [3.63, 3.8) is 0 Å². The van der Waals surface area contributed by atoms with E-state index in [1.54, 1.807) is 34.1 Å². The number of aliphatic hydroxyl groups is 1. The van der Waals surface area contributed by atoms with Crippen LogP contribution in [-0.2, 0) is 19.1 Å². The van der Waals surface area contributed by atoms with Gasteiger partial charge in [-0.2, -0.15) is 0 Å². The van der Waals surface area contributed by atoms with Crippen LogP contribution in [0.5, 0.6) is 0 Å². The Kier molecular flexibility index (Phi) is 7.50. The predicted octanol–water partition coefficient (Wildman–Crippen LogP) is 4.15. The molecule has 3 amide bonds. The number of anilines is 1. The van der Waals surface area contributed by atoms with Crippen molar-refractivity contribution < 1.29 is 24.2 Å². The molecule has 0 saturated carbocycles. The van der Waals surface area contributed by atoms with Crippen LogP contribution in [0.2, 0.25) is 5.02 Å². The van der Waals surface area contributed by atoms with Gasteiger partial charge >= 0.3 is 0 Å². The quantitative estimate of drug-likeness (QED) is 0.490. The minimum absolute atomic E-state index is 0.139. The van der Waals surface area contributed by atoms with Crippen LogP contribution in [0.3, 0.4) is 0 Å². The second-order valence-electron chi connectivity index (χ2n) is 11.5. The number of carbonyl (C=O) groups is 3. The van der Waals surface area contributed by atoms with Gasteiger partial charge in [-0.15, -0.1) is 0 Å². The first-order valence-electron chi connectivity index (χ1n) is 14.7. The highest BCUT2D eigenvalue weighted by Crippen LogP contribution is 2.59. The third-order valence-corrected chi connectivity index (χ3v) is 9.54. The van der Waals surface area contributed by atoms with Crippen molar-refractivity contribution in [2.24, 2.45) is 11.8 Å². The molecule has 0 aliphatic carbocycles. The van der Waals surface area contributed by atoms with Crippen LogP contribution in [-0.4, -0.2) is 76.1 Å². The van der Waals surface area contributed by atoms with Gasteiger partial charge in [-0.3, -0.25) is 14.4 Å². The first-order chi connectivity index (χ1) is 20.3. The standard InChI is InChI=1S/C33H36ClN3O5/c1-3-18-35-19-8-16-32(4-2)26(29(35)39)27-30(40)37(25(21-38)22-10-6-5-7-11-22)28-31(41)36(20-9-17-33(27,28)42-32)24-14-12-23(34)13-15-24/h5-17,25-28,38H,3-4,18-21H2,1-2H3/t25-,26+,27+,28?,32-,33+/m1/s1. The number of benzene rings is 2. The van der Waals surface area contributed by atoms with E-state index in [4.69, 9.17) is 16.3 Å². The number of halogens is 1. The zero-order chi connectivity index (χ0) is 29.6. The molecule has 0 bridgehead atoms. The summed E-state index contributed by atoms with van der Waals surface area (Å²) in [4.78, 5) is 48.8. The lowest BCUT2D eigenvalue weighted by Gasteiger charge is -2.41. The lowest BCUT2D eigenvalue weighted by Crippen LogP contribution is -2.57. The minimum Gasteiger partial charge on any atom is -0.394 e. The van der Waals surface area contributed by atoms with Gasteiger partial charge in [0.15, 0.2) is 0 Å². The molecule has 8 nitrogen and oxygen atoms in total. The molecule has 42 heavy (non-hydrogen) atoms. The van der Waals surface area contributed by atoms with Crippen molar-refractivity contribution in [1.29, 1.82) is 0 Å². The van der Waals surface area contributed by atoms with E-state index in [2.05, 4.69) is 0 Å². The molecule has 1 unspecified atom stereocenters. The van der Waals surface area contributed by atoms with Crippen LogP contribution in [0.25, 0.3) is 0 Å². The average Bonchev–Trinajstić information content (AvgIpc) is 3.29. The molecule has 2 saturated heterocycles. The van der Waals surface area contributed by atoms with Crippen LogP contribution in [0, 0.1) is 11.8 Å². The van der Waals surface area contributed by atoms with E-state index < -0.39 is 41.7 Å². The second kappa shape index (κ2) is 11.0. The van der Waals surface area contributed by atoms with Crippen LogP contribution in [0.15, 0.2) is 78.9 Å². The molecular weight excluding hydrogens is 554 g/mol. The van der Waals surface area contributed by atoms with Gasteiger partial charge in [0, 0.05) is 30.3 Å². The van der Waals surface area contributed by atoms with Gasteiger partial charge in [-0.05, 0) is 42.7 Å². The Morgan fingerprint density at radius 2 is 1.64 bits per heavy atom. The number of hydrogen-bond donors (Lipinski definition) is 1. The van der Waals surface area contributed by atoms with Gasteiger partial charge in [0.05, 0.1) is 30.1 Å². The Labute approximate surface area is 251 Å². The van der Waals surface area contributed by atoms with Crippen LogP contribution >= 0.6 is 11.6 Å². The first kappa shape index (κ1) is 28.6. The van der Waals surface area contributed by atoms with E-state index >= 15 is 0 Å². The number of rotatable bonds is 7. The molecule has 1 N–H and O–H groups in total. The van der Waals surface area contributed by atoms with Gasteiger partial charge < -0.3 is 24.5 Å². The number of ether oxygens (including phenoxy) is 1. The van der Waals surface area contributed by atoms with Crippen LogP contribution in [0.4, 0.5) is 5.69 Å². The molecule has 0 radical (unpaired) electrons. The number of likely N-dealkylation sites (tertiary alicyclic amines) is 1. The van der Waals surface area contributed by atoms with Crippen molar-refractivity contribution >= 4 is 35.0 Å². The number of fused-ring (bicyclic) bond motifs is 2. The van der Waals surface area contributed by atoms with E-state index in [0.717, 1.165) is 6.42 Å². The molecule has 1 spiro atoms. The fourth-order valence-electron chi connectivity index (χ4n) is 7.44. The number of amides is 3. The predicted molar refractivity (Wildman–Crippen MR) is 160 cm³/mol. The highest BCUT2D eigenvalue weighted by Gasteiger charge is 2.76. The summed E-state index contributed by atoms with van der Waals surface area (Å²) >= 11 is 6.15. The maximum Gasteiger partial charge on any atom is 0.253 e. The second-order valence-corrected chi connectivity index (χ2v) is 11.9. The molecule has 6 rings (SSSR count). The largest absolute Gasteiger partial charge is 0.394 e. The number of hydrogen-bond acceptors (Lipinski definition) is 5. The summed E-state index contributed by atoms with van der Waals surface area (Å²) in [5.41, 5.74) is -1.13. The molecule has 4 aliphatic heterocycles.